The van der Waals surface area contributed by atoms with Crippen LogP contribution in [0.25, 0.3) is 0 Å². The summed E-state index contributed by atoms with van der Waals surface area (Å²) in [6.45, 7) is 0.889. The Bertz CT molecular complexity index is 290. The van der Waals surface area contributed by atoms with Crippen molar-refractivity contribution in [2.75, 3.05) is 29.3 Å². The minimum absolute atomic E-state index is 0.0490. The summed E-state index contributed by atoms with van der Waals surface area (Å²) in [5.74, 6) is 1.08. The Morgan fingerprint density at radius 3 is 2.62 bits per heavy atom. The molecule has 1 heterocycles. The lowest BCUT2D eigenvalue weighted by Crippen LogP contribution is -2.33. The Morgan fingerprint density at radius 2 is 2.00 bits per heavy atom. The maximum Gasteiger partial charge on any atom is 0.224 e. The van der Waals surface area contributed by atoms with Crippen molar-refractivity contribution in [3.8, 4) is 0 Å². The van der Waals surface area contributed by atoms with Gasteiger partial charge in [0.2, 0.25) is 10.0 Å². The fraction of sp³-hybridized carbons (Fsp3) is 1.00. The van der Waals surface area contributed by atoms with Crippen molar-refractivity contribution in [3.63, 3.8) is 0 Å². The maximum atomic E-state index is 11.4. The molecule has 1 aliphatic heterocycles. The van der Waals surface area contributed by atoms with Crippen LogP contribution in [0.2, 0.25) is 0 Å². The topological polar surface area (TPSA) is 54.5 Å². The van der Waals surface area contributed by atoms with Crippen molar-refractivity contribution in [2.24, 2.45) is 0 Å². The Morgan fingerprint density at radius 1 is 1.31 bits per heavy atom. The molecule has 0 bridgehead atoms. The molecule has 1 aliphatic rings. The molecule has 1 fully saturated rings. The molecular formula is C6H12BrNO3S2. The molecule has 78 valence electrons. The molecular weight excluding hydrogens is 278 g/mol. The predicted molar refractivity (Wildman–Crippen MR) is 56.8 cm³/mol. The molecule has 0 aromatic rings. The average molecular weight is 290 g/mol. The van der Waals surface area contributed by atoms with E-state index in [1.54, 1.807) is 0 Å². The fourth-order valence-corrected chi connectivity index (χ4v) is 4.14. The van der Waals surface area contributed by atoms with E-state index < -0.39 is 20.8 Å². The molecule has 0 aliphatic carbocycles. The minimum atomic E-state index is -3.15. The molecule has 0 N–H and O–H groups in total. The highest BCUT2D eigenvalue weighted by atomic mass is 79.9. The molecule has 0 spiro atoms. The second-order valence-electron chi connectivity index (χ2n) is 2.82. The molecule has 0 radical (unpaired) electrons. The van der Waals surface area contributed by atoms with E-state index in [1.807, 2.05) is 0 Å². The predicted octanol–water partition coefficient (Wildman–Crippen LogP) is 0.123. The van der Waals surface area contributed by atoms with Crippen LogP contribution in [0.1, 0.15) is 6.42 Å². The van der Waals surface area contributed by atoms with Crippen molar-refractivity contribution in [1.82, 2.24) is 4.31 Å². The highest BCUT2D eigenvalue weighted by molar-refractivity contribution is 9.10. The normalized spacial score (nSPS) is 27.0. The first kappa shape index (κ1) is 11.6. The summed E-state index contributed by atoms with van der Waals surface area (Å²) in [5.41, 5.74) is 0. The number of hydrogen-bond donors (Lipinski definition) is 0. The summed E-state index contributed by atoms with van der Waals surface area (Å²) in [6.07, 6.45) is 0.693. The van der Waals surface area contributed by atoms with Crippen LogP contribution in [-0.4, -0.2) is 46.2 Å². The smallest absolute Gasteiger partial charge is 0.224 e. The van der Waals surface area contributed by atoms with E-state index in [2.05, 4.69) is 15.9 Å². The highest BCUT2D eigenvalue weighted by Crippen LogP contribution is 2.09. The molecule has 1 rings (SSSR count). The van der Waals surface area contributed by atoms with Gasteiger partial charge < -0.3 is 0 Å². The van der Waals surface area contributed by atoms with Crippen LogP contribution in [0.5, 0.6) is 0 Å². The first-order chi connectivity index (χ1) is 6.06. The summed E-state index contributed by atoms with van der Waals surface area (Å²) >= 11 is 2.94. The van der Waals surface area contributed by atoms with E-state index >= 15 is 0 Å². The van der Waals surface area contributed by atoms with E-state index in [1.165, 1.54) is 4.31 Å². The fourth-order valence-electron chi connectivity index (χ4n) is 1.17. The zero-order valence-electron chi connectivity index (χ0n) is 7.11. The quantitative estimate of drug-likeness (QED) is 0.679. The molecule has 7 heteroatoms. The zero-order chi connectivity index (χ0) is 9.90. The number of hydrogen-bond acceptors (Lipinski definition) is 3. The van der Waals surface area contributed by atoms with Gasteiger partial charge in [-0.1, -0.05) is 15.9 Å². The van der Waals surface area contributed by atoms with E-state index in [4.69, 9.17) is 0 Å². The zero-order valence-corrected chi connectivity index (χ0v) is 10.3. The Hall–Kier alpha value is 0.540. The number of alkyl halides is 1. The van der Waals surface area contributed by atoms with E-state index in [9.17, 15) is 12.6 Å². The van der Waals surface area contributed by atoms with Crippen LogP contribution in [0.15, 0.2) is 0 Å². The lowest BCUT2D eigenvalue weighted by Gasteiger charge is -2.17. The first-order valence-electron chi connectivity index (χ1n) is 3.95. The van der Waals surface area contributed by atoms with Crippen molar-refractivity contribution < 1.29 is 12.6 Å². The Balaban J connectivity index is 2.67. The van der Waals surface area contributed by atoms with E-state index in [0.29, 0.717) is 31.0 Å². The van der Waals surface area contributed by atoms with Gasteiger partial charge in [-0.2, -0.15) is 0 Å². The molecule has 1 atom stereocenters. The van der Waals surface area contributed by atoms with Gasteiger partial charge in [0.25, 0.3) is 0 Å². The van der Waals surface area contributed by atoms with Gasteiger partial charge in [-0.15, -0.1) is 0 Å². The molecule has 0 amide bonds. The standard InChI is InChI=1S/C6H12BrNO3S2/c7-6-13(10,11)8-2-1-4-12(9)5-3-8/h1-6H2. The molecule has 1 saturated heterocycles. The van der Waals surface area contributed by atoms with E-state index in [-0.39, 0.29) is 4.66 Å². The first-order valence-corrected chi connectivity index (χ1v) is 8.17. The van der Waals surface area contributed by atoms with Crippen molar-refractivity contribution in [3.05, 3.63) is 0 Å². The number of sulfonamides is 1. The van der Waals surface area contributed by atoms with Crippen molar-refractivity contribution in [1.29, 1.82) is 0 Å². The number of halogens is 1. The van der Waals surface area contributed by atoms with Gasteiger partial charge in [0.1, 0.15) is 4.66 Å². The Labute approximate surface area is 89.3 Å². The molecule has 0 aromatic carbocycles. The maximum absolute atomic E-state index is 11.4. The second kappa shape index (κ2) is 4.86. The highest BCUT2D eigenvalue weighted by Gasteiger charge is 2.23. The third-order valence-electron chi connectivity index (χ3n) is 1.88. The summed E-state index contributed by atoms with van der Waals surface area (Å²) < 4.78 is 35.3. The summed E-state index contributed by atoms with van der Waals surface area (Å²) in [6, 6.07) is 0. The van der Waals surface area contributed by atoms with Crippen LogP contribution >= 0.6 is 15.9 Å². The molecule has 0 aromatic heterocycles. The van der Waals surface area contributed by atoms with Crippen LogP contribution in [-0.2, 0) is 20.8 Å². The van der Waals surface area contributed by atoms with Gasteiger partial charge in [0.05, 0.1) is 0 Å². The van der Waals surface area contributed by atoms with E-state index in [0.717, 1.165) is 0 Å². The number of nitrogens with zero attached hydrogens (tertiary/aromatic N) is 1. The monoisotopic (exact) mass is 289 g/mol. The SMILES string of the molecule is O=S1CCCN(S(=O)(=O)CBr)CC1. The van der Waals surface area contributed by atoms with Crippen LogP contribution in [0, 0.1) is 0 Å². The average Bonchev–Trinajstić information content (AvgIpc) is 2.30. The van der Waals surface area contributed by atoms with Crippen LogP contribution in [0.4, 0.5) is 0 Å². The molecule has 4 nitrogen and oxygen atoms in total. The van der Waals surface area contributed by atoms with Crippen molar-refractivity contribution >= 4 is 36.8 Å². The van der Waals surface area contributed by atoms with Gasteiger partial charge in [0, 0.05) is 35.4 Å². The molecule has 0 saturated carbocycles. The van der Waals surface area contributed by atoms with Gasteiger partial charge in [0.15, 0.2) is 0 Å². The largest absolute Gasteiger partial charge is 0.260 e. The molecule has 1 unspecified atom stereocenters. The summed E-state index contributed by atoms with van der Waals surface area (Å²) in [4.78, 5) is 0. The van der Waals surface area contributed by atoms with Gasteiger partial charge in [-0.05, 0) is 6.42 Å². The molecule has 13 heavy (non-hydrogen) atoms. The Kier molecular flexibility index (Phi) is 4.34. The summed E-state index contributed by atoms with van der Waals surface area (Å²) in [7, 11) is -3.99. The van der Waals surface area contributed by atoms with Crippen LogP contribution in [0.3, 0.4) is 0 Å². The second-order valence-corrected chi connectivity index (χ2v) is 7.79. The lowest BCUT2D eigenvalue weighted by atomic mass is 10.5. The van der Waals surface area contributed by atoms with Gasteiger partial charge >= 0.3 is 0 Å². The van der Waals surface area contributed by atoms with Gasteiger partial charge in [-0.3, -0.25) is 4.21 Å². The van der Waals surface area contributed by atoms with Crippen molar-refractivity contribution in [2.45, 2.75) is 6.42 Å². The van der Waals surface area contributed by atoms with Gasteiger partial charge in [-0.25, -0.2) is 12.7 Å². The third-order valence-corrected chi connectivity index (χ3v) is 6.42. The third kappa shape index (κ3) is 3.30. The summed E-state index contributed by atoms with van der Waals surface area (Å²) in [5, 5.41) is 0. The minimum Gasteiger partial charge on any atom is -0.260 e. The van der Waals surface area contributed by atoms with Crippen LogP contribution < -0.4 is 0 Å². The number of rotatable bonds is 2. The lowest BCUT2D eigenvalue weighted by molar-refractivity contribution is 0.438.